The van der Waals surface area contributed by atoms with E-state index in [0.717, 1.165) is 13.1 Å². The second-order valence-electron chi connectivity index (χ2n) is 4.25. The molecule has 86 valence electrons. The fraction of sp³-hybridized carbons (Fsp3) is 0.500. The van der Waals surface area contributed by atoms with Crippen LogP contribution >= 0.6 is 23.2 Å². The number of hydrogen-bond acceptors (Lipinski definition) is 2. The van der Waals surface area contributed by atoms with Crippen LogP contribution in [0, 0.1) is 0 Å². The third kappa shape index (κ3) is 2.34. The predicted molar refractivity (Wildman–Crippen MR) is 66.4 cm³/mol. The molecule has 2 nitrogen and oxygen atoms in total. The summed E-state index contributed by atoms with van der Waals surface area (Å²) < 4.78 is 14.7. The van der Waals surface area contributed by atoms with Crippen LogP contribution in [0.2, 0.25) is 10.0 Å². The molecule has 0 bridgehead atoms. The standard InChI is InChI=1S/C10H12BCl2FN2/c11-16-3-1-10(14,2-4-16)9-8(13)5-7(12)6-15-9/h5-6H,1-4,11H2. The maximum atomic E-state index is 14.7. The lowest BCUT2D eigenvalue weighted by molar-refractivity contribution is 0.0832. The summed E-state index contributed by atoms with van der Waals surface area (Å²) in [5.41, 5.74) is -1.08. The summed E-state index contributed by atoms with van der Waals surface area (Å²) >= 11 is 11.7. The van der Waals surface area contributed by atoms with Gasteiger partial charge in [-0.2, -0.15) is 0 Å². The molecule has 2 heterocycles. The molecule has 16 heavy (non-hydrogen) atoms. The number of nitrogens with zero attached hydrogens (tertiary/aromatic N) is 2. The highest BCUT2D eigenvalue weighted by atomic mass is 35.5. The molecule has 1 aliphatic heterocycles. The van der Waals surface area contributed by atoms with E-state index in [4.69, 9.17) is 23.2 Å². The fourth-order valence-electron chi connectivity index (χ4n) is 1.95. The Labute approximate surface area is 105 Å². The zero-order chi connectivity index (χ0) is 11.8. The molecular formula is C10H12BCl2FN2. The van der Waals surface area contributed by atoms with Crippen LogP contribution in [0.5, 0.6) is 0 Å². The van der Waals surface area contributed by atoms with Gasteiger partial charge in [0.15, 0.2) is 13.6 Å². The van der Waals surface area contributed by atoms with Crippen LogP contribution in [-0.2, 0) is 5.67 Å². The molecule has 0 aliphatic carbocycles. The quantitative estimate of drug-likeness (QED) is 0.720. The normalized spacial score (nSPS) is 20.9. The summed E-state index contributed by atoms with van der Waals surface area (Å²) in [5.74, 6) is 0. The number of pyridine rings is 1. The second kappa shape index (κ2) is 4.51. The Morgan fingerprint density at radius 3 is 2.56 bits per heavy atom. The van der Waals surface area contributed by atoms with Crippen molar-refractivity contribution in [3.05, 3.63) is 28.0 Å². The number of rotatable bonds is 1. The summed E-state index contributed by atoms with van der Waals surface area (Å²) in [6.07, 6.45) is 2.30. The number of piperidine rings is 1. The lowest BCUT2D eigenvalue weighted by Crippen LogP contribution is -2.39. The highest BCUT2D eigenvalue weighted by Gasteiger charge is 2.38. The molecule has 1 aromatic rings. The lowest BCUT2D eigenvalue weighted by atomic mass is 9.88. The first-order valence-electron chi connectivity index (χ1n) is 5.20. The van der Waals surface area contributed by atoms with Gasteiger partial charge in [-0.25, -0.2) is 4.39 Å². The summed E-state index contributed by atoms with van der Waals surface area (Å²) in [6, 6.07) is 1.55. The molecule has 1 saturated heterocycles. The van der Waals surface area contributed by atoms with E-state index in [2.05, 4.69) is 9.79 Å². The second-order valence-corrected chi connectivity index (χ2v) is 5.10. The Hall–Kier alpha value is -0.315. The third-order valence-corrected chi connectivity index (χ3v) is 3.51. The molecule has 0 saturated carbocycles. The Morgan fingerprint density at radius 2 is 2.00 bits per heavy atom. The molecule has 1 aliphatic rings. The summed E-state index contributed by atoms with van der Waals surface area (Å²) in [5, 5.41) is 0.754. The SMILES string of the molecule is BN1CCC(F)(c2ncc(Cl)cc2Cl)CC1. The number of hydrogen-bond donors (Lipinski definition) is 0. The zero-order valence-corrected chi connectivity index (χ0v) is 10.5. The van der Waals surface area contributed by atoms with Gasteiger partial charge >= 0.3 is 0 Å². The van der Waals surface area contributed by atoms with E-state index in [1.807, 2.05) is 7.98 Å². The van der Waals surface area contributed by atoms with Crippen molar-refractivity contribution in [1.29, 1.82) is 0 Å². The van der Waals surface area contributed by atoms with E-state index in [-0.39, 0.29) is 0 Å². The molecule has 0 radical (unpaired) electrons. The minimum absolute atomic E-state index is 0.319. The third-order valence-electron chi connectivity index (χ3n) is 3.01. The van der Waals surface area contributed by atoms with Crippen molar-refractivity contribution in [2.45, 2.75) is 18.5 Å². The van der Waals surface area contributed by atoms with E-state index < -0.39 is 5.67 Å². The van der Waals surface area contributed by atoms with Gasteiger partial charge in [0.2, 0.25) is 0 Å². The Morgan fingerprint density at radius 1 is 1.38 bits per heavy atom. The van der Waals surface area contributed by atoms with E-state index in [1.54, 1.807) is 6.07 Å². The molecule has 1 fully saturated rings. The Bertz CT molecular complexity index is 394. The summed E-state index contributed by atoms with van der Waals surface area (Å²) in [6.45, 7) is 1.44. The zero-order valence-electron chi connectivity index (χ0n) is 9.01. The minimum atomic E-state index is -1.41. The summed E-state index contributed by atoms with van der Waals surface area (Å²) in [7, 11) is 1.98. The minimum Gasteiger partial charge on any atom is -0.348 e. The van der Waals surface area contributed by atoms with Crippen LogP contribution in [-0.4, -0.2) is 30.9 Å². The lowest BCUT2D eigenvalue weighted by Gasteiger charge is -2.34. The van der Waals surface area contributed by atoms with Crippen molar-refractivity contribution in [3.63, 3.8) is 0 Å². The topological polar surface area (TPSA) is 16.1 Å². The summed E-state index contributed by atoms with van der Waals surface area (Å²) in [4.78, 5) is 6.14. The molecule has 0 N–H and O–H groups in total. The van der Waals surface area contributed by atoms with Crippen molar-refractivity contribution >= 4 is 31.2 Å². The molecule has 0 aromatic carbocycles. The van der Waals surface area contributed by atoms with E-state index in [0.29, 0.717) is 28.6 Å². The van der Waals surface area contributed by atoms with E-state index in [1.165, 1.54) is 6.20 Å². The first-order chi connectivity index (χ1) is 7.51. The van der Waals surface area contributed by atoms with Gasteiger partial charge in [0.05, 0.1) is 15.7 Å². The van der Waals surface area contributed by atoms with Gasteiger partial charge in [-0.15, -0.1) is 0 Å². The molecule has 0 unspecified atom stereocenters. The average molecular weight is 261 g/mol. The van der Waals surface area contributed by atoms with E-state index in [9.17, 15) is 4.39 Å². The van der Waals surface area contributed by atoms with Crippen LogP contribution in [0.25, 0.3) is 0 Å². The molecule has 0 spiro atoms. The maximum absolute atomic E-state index is 14.7. The van der Waals surface area contributed by atoms with Crippen LogP contribution in [0.4, 0.5) is 4.39 Å². The van der Waals surface area contributed by atoms with Gasteiger partial charge in [0.25, 0.3) is 0 Å². The van der Waals surface area contributed by atoms with Crippen molar-refractivity contribution in [1.82, 2.24) is 9.79 Å². The molecule has 6 heteroatoms. The van der Waals surface area contributed by atoms with Crippen LogP contribution in [0.3, 0.4) is 0 Å². The number of aromatic nitrogens is 1. The highest BCUT2D eigenvalue weighted by molar-refractivity contribution is 6.34. The first kappa shape index (κ1) is 12.2. The predicted octanol–water partition coefficient (Wildman–Crippen LogP) is 2.20. The molecule has 1 aromatic heterocycles. The molecule has 2 rings (SSSR count). The number of halogens is 3. The van der Waals surface area contributed by atoms with Gasteiger partial charge < -0.3 is 4.81 Å². The Balaban J connectivity index is 2.29. The maximum Gasteiger partial charge on any atom is 0.185 e. The van der Waals surface area contributed by atoms with Crippen LogP contribution in [0.15, 0.2) is 12.3 Å². The molecule has 0 atom stereocenters. The monoisotopic (exact) mass is 260 g/mol. The van der Waals surface area contributed by atoms with Crippen molar-refractivity contribution in [2.75, 3.05) is 13.1 Å². The van der Waals surface area contributed by atoms with Crippen molar-refractivity contribution in [3.8, 4) is 0 Å². The molecule has 0 amide bonds. The smallest absolute Gasteiger partial charge is 0.185 e. The van der Waals surface area contributed by atoms with Crippen LogP contribution < -0.4 is 0 Å². The van der Waals surface area contributed by atoms with Gasteiger partial charge in [0, 0.05) is 6.20 Å². The number of alkyl halides is 1. The van der Waals surface area contributed by atoms with Crippen LogP contribution in [0.1, 0.15) is 18.5 Å². The Kier molecular flexibility index (Phi) is 3.43. The highest BCUT2D eigenvalue weighted by Crippen LogP contribution is 2.39. The van der Waals surface area contributed by atoms with Gasteiger partial charge in [0.1, 0.15) is 0 Å². The van der Waals surface area contributed by atoms with Gasteiger partial charge in [-0.1, -0.05) is 23.2 Å². The average Bonchev–Trinajstić information content (AvgIpc) is 2.22. The molecular weight excluding hydrogens is 249 g/mol. The van der Waals surface area contributed by atoms with Gasteiger partial charge in [-0.05, 0) is 32.0 Å². The fourth-order valence-corrected chi connectivity index (χ4v) is 2.50. The largest absolute Gasteiger partial charge is 0.348 e. The first-order valence-corrected chi connectivity index (χ1v) is 5.96. The van der Waals surface area contributed by atoms with Gasteiger partial charge in [-0.3, -0.25) is 4.98 Å². The van der Waals surface area contributed by atoms with Crippen molar-refractivity contribution in [2.24, 2.45) is 0 Å². The van der Waals surface area contributed by atoms with E-state index >= 15 is 0 Å². The van der Waals surface area contributed by atoms with Crippen molar-refractivity contribution < 1.29 is 4.39 Å².